The number of benzene rings is 2. The van der Waals surface area contributed by atoms with Crippen molar-refractivity contribution in [2.75, 3.05) is 18.2 Å². The topological polar surface area (TPSA) is 81.9 Å². The van der Waals surface area contributed by atoms with Crippen molar-refractivity contribution < 1.29 is 13.9 Å². The average Bonchev–Trinajstić information content (AvgIpc) is 3.10. The number of amides is 1. The molecule has 3 rings (SSSR count). The number of para-hydroxylation sites is 1. The van der Waals surface area contributed by atoms with Gasteiger partial charge in [0, 0.05) is 6.07 Å². The van der Waals surface area contributed by atoms with Crippen LogP contribution in [0.25, 0.3) is 5.69 Å². The summed E-state index contributed by atoms with van der Waals surface area (Å²) in [5.41, 5.74) is 0.849. The molecule has 0 aliphatic rings. The molecule has 0 saturated heterocycles. The van der Waals surface area contributed by atoms with Gasteiger partial charge in [-0.1, -0.05) is 30.0 Å². The second-order valence-electron chi connectivity index (χ2n) is 4.89. The number of halogens is 1. The fourth-order valence-corrected chi connectivity index (χ4v) is 2.74. The van der Waals surface area contributed by atoms with E-state index in [1.54, 1.807) is 25.3 Å². The predicted octanol–water partition coefficient (Wildman–Crippen LogP) is 2.54. The van der Waals surface area contributed by atoms with E-state index in [0.29, 0.717) is 16.6 Å². The second kappa shape index (κ2) is 7.75. The van der Waals surface area contributed by atoms with Gasteiger partial charge in [0.15, 0.2) is 0 Å². The third-order valence-corrected chi connectivity index (χ3v) is 4.14. The van der Waals surface area contributed by atoms with Crippen LogP contribution in [0.3, 0.4) is 0 Å². The van der Waals surface area contributed by atoms with Gasteiger partial charge in [-0.25, -0.2) is 4.39 Å². The zero-order chi connectivity index (χ0) is 17.6. The van der Waals surface area contributed by atoms with Crippen LogP contribution in [-0.4, -0.2) is 39.0 Å². The molecule has 1 amide bonds. The Morgan fingerprint density at radius 2 is 2.12 bits per heavy atom. The first-order valence-electron chi connectivity index (χ1n) is 7.27. The number of hydrogen-bond donors (Lipinski definition) is 1. The van der Waals surface area contributed by atoms with Crippen molar-refractivity contribution in [3.05, 3.63) is 54.3 Å². The van der Waals surface area contributed by atoms with Gasteiger partial charge < -0.3 is 10.1 Å². The minimum Gasteiger partial charge on any atom is -0.497 e. The van der Waals surface area contributed by atoms with Crippen molar-refractivity contribution in [1.82, 2.24) is 20.2 Å². The van der Waals surface area contributed by atoms with E-state index in [4.69, 9.17) is 4.74 Å². The van der Waals surface area contributed by atoms with Crippen LogP contribution >= 0.6 is 11.8 Å². The lowest BCUT2D eigenvalue weighted by molar-refractivity contribution is -0.113. The summed E-state index contributed by atoms with van der Waals surface area (Å²) >= 11 is 1.15. The Kier molecular flexibility index (Phi) is 5.24. The quantitative estimate of drug-likeness (QED) is 0.681. The van der Waals surface area contributed by atoms with Gasteiger partial charge in [-0.15, -0.1) is 5.10 Å². The summed E-state index contributed by atoms with van der Waals surface area (Å²) < 4.78 is 20.2. The van der Waals surface area contributed by atoms with E-state index < -0.39 is 5.82 Å². The number of methoxy groups -OCH3 is 1. The molecule has 0 saturated carbocycles. The highest BCUT2D eigenvalue weighted by Gasteiger charge is 2.13. The van der Waals surface area contributed by atoms with Crippen molar-refractivity contribution in [3.63, 3.8) is 0 Å². The minimum atomic E-state index is -0.484. The molecule has 1 N–H and O–H groups in total. The molecule has 0 atom stereocenters. The number of thioether (sulfide) groups is 1. The number of anilines is 1. The zero-order valence-electron chi connectivity index (χ0n) is 13.2. The van der Waals surface area contributed by atoms with Crippen LogP contribution in [0.1, 0.15) is 0 Å². The Morgan fingerprint density at radius 1 is 1.28 bits per heavy atom. The summed E-state index contributed by atoms with van der Waals surface area (Å²) in [6, 6.07) is 13.2. The van der Waals surface area contributed by atoms with Crippen molar-refractivity contribution >= 4 is 23.4 Å². The van der Waals surface area contributed by atoms with Crippen LogP contribution in [0.4, 0.5) is 10.1 Å². The second-order valence-corrected chi connectivity index (χ2v) is 5.83. The van der Waals surface area contributed by atoms with Crippen LogP contribution in [0.2, 0.25) is 0 Å². The van der Waals surface area contributed by atoms with E-state index in [-0.39, 0.29) is 17.3 Å². The van der Waals surface area contributed by atoms with Gasteiger partial charge >= 0.3 is 0 Å². The number of aromatic nitrogens is 4. The Morgan fingerprint density at radius 3 is 2.92 bits per heavy atom. The minimum absolute atomic E-state index is 0.0404. The maximum atomic E-state index is 13.6. The first-order valence-corrected chi connectivity index (χ1v) is 8.26. The number of nitrogens with one attached hydrogen (secondary N) is 1. The van der Waals surface area contributed by atoms with Gasteiger partial charge in [0.1, 0.15) is 11.6 Å². The molecule has 0 unspecified atom stereocenters. The van der Waals surface area contributed by atoms with Gasteiger partial charge in [0.2, 0.25) is 11.1 Å². The van der Waals surface area contributed by atoms with E-state index in [0.717, 1.165) is 11.8 Å². The number of tetrazole rings is 1. The molecule has 2 aromatic carbocycles. The maximum absolute atomic E-state index is 13.6. The SMILES string of the molecule is COc1cccc(-n2nnnc2SCC(=O)Nc2ccccc2F)c1. The Labute approximate surface area is 147 Å². The number of rotatable bonds is 6. The van der Waals surface area contributed by atoms with Gasteiger partial charge in [0.25, 0.3) is 0 Å². The third-order valence-electron chi connectivity index (χ3n) is 3.22. The van der Waals surface area contributed by atoms with Crippen molar-refractivity contribution in [3.8, 4) is 11.4 Å². The summed E-state index contributed by atoms with van der Waals surface area (Å²) in [4.78, 5) is 12.0. The van der Waals surface area contributed by atoms with E-state index in [1.807, 2.05) is 18.2 Å². The van der Waals surface area contributed by atoms with Crippen molar-refractivity contribution in [1.29, 1.82) is 0 Å². The molecule has 0 spiro atoms. The molecule has 0 radical (unpaired) electrons. The summed E-state index contributed by atoms with van der Waals surface area (Å²) in [7, 11) is 1.57. The molecule has 0 bridgehead atoms. The van der Waals surface area contributed by atoms with Gasteiger partial charge in [-0.3, -0.25) is 4.79 Å². The van der Waals surface area contributed by atoms with Crippen molar-refractivity contribution in [2.45, 2.75) is 5.16 Å². The summed E-state index contributed by atoms with van der Waals surface area (Å²) in [5, 5.41) is 14.4. The van der Waals surface area contributed by atoms with Crippen LogP contribution in [-0.2, 0) is 4.79 Å². The molecular formula is C16H14FN5O2S. The first-order chi connectivity index (χ1) is 12.2. The average molecular weight is 359 g/mol. The number of carbonyl (C=O) groups excluding carboxylic acids is 1. The van der Waals surface area contributed by atoms with E-state index in [2.05, 4.69) is 20.8 Å². The molecule has 7 nitrogen and oxygen atoms in total. The summed E-state index contributed by atoms with van der Waals surface area (Å²) in [6.07, 6.45) is 0. The highest BCUT2D eigenvalue weighted by molar-refractivity contribution is 7.99. The lowest BCUT2D eigenvalue weighted by atomic mass is 10.3. The molecule has 9 heteroatoms. The standard InChI is InChI=1S/C16H14FN5O2S/c1-24-12-6-4-5-11(9-12)22-16(19-20-21-22)25-10-15(23)18-14-8-3-2-7-13(14)17/h2-9H,10H2,1H3,(H,18,23). The Hall–Kier alpha value is -2.94. The monoisotopic (exact) mass is 359 g/mol. The fourth-order valence-electron chi connectivity index (χ4n) is 2.05. The van der Waals surface area contributed by atoms with Gasteiger partial charge in [-0.2, -0.15) is 4.68 Å². The number of carbonyl (C=O) groups is 1. The van der Waals surface area contributed by atoms with Crippen LogP contribution < -0.4 is 10.1 Å². The van der Waals surface area contributed by atoms with Crippen LogP contribution in [0.5, 0.6) is 5.75 Å². The molecule has 1 heterocycles. The van der Waals surface area contributed by atoms with Crippen LogP contribution in [0.15, 0.2) is 53.7 Å². The highest BCUT2D eigenvalue weighted by Crippen LogP contribution is 2.21. The first kappa shape index (κ1) is 16.9. The van der Waals surface area contributed by atoms with Crippen molar-refractivity contribution in [2.24, 2.45) is 0 Å². The lowest BCUT2D eigenvalue weighted by Crippen LogP contribution is -2.15. The summed E-state index contributed by atoms with van der Waals surface area (Å²) in [6.45, 7) is 0. The zero-order valence-corrected chi connectivity index (χ0v) is 14.0. The largest absolute Gasteiger partial charge is 0.497 e. The molecule has 128 valence electrons. The molecule has 0 aliphatic heterocycles. The molecule has 1 aromatic heterocycles. The molecule has 0 aliphatic carbocycles. The molecule has 3 aromatic rings. The Balaban J connectivity index is 1.67. The molecule has 25 heavy (non-hydrogen) atoms. The van der Waals surface area contributed by atoms with Crippen LogP contribution in [0, 0.1) is 5.82 Å². The molecule has 0 fully saturated rings. The van der Waals surface area contributed by atoms with E-state index in [1.165, 1.54) is 16.8 Å². The van der Waals surface area contributed by atoms with E-state index >= 15 is 0 Å². The van der Waals surface area contributed by atoms with E-state index in [9.17, 15) is 9.18 Å². The molecular weight excluding hydrogens is 345 g/mol. The smallest absolute Gasteiger partial charge is 0.234 e. The van der Waals surface area contributed by atoms with Gasteiger partial charge in [-0.05, 0) is 34.7 Å². The highest BCUT2D eigenvalue weighted by atomic mass is 32.2. The maximum Gasteiger partial charge on any atom is 0.234 e. The number of nitrogens with zero attached hydrogens (tertiary/aromatic N) is 4. The fraction of sp³-hybridized carbons (Fsp3) is 0.125. The predicted molar refractivity (Wildman–Crippen MR) is 91.5 cm³/mol. The Bertz CT molecular complexity index is 886. The number of ether oxygens (including phenoxy) is 1. The van der Waals surface area contributed by atoms with Gasteiger partial charge in [0.05, 0.1) is 24.2 Å². The number of hydrogen-bond acceptors (Lipinski definition) is 6. The normalized spacial score (nSPS) is 10.5. The summed E-state index contributed by atoms with van der Waals surface area (Å²) in [5.74, 6) is -0.128. The lowest BCUT2D eigenvalue weighted by Gasteiger charge is -2.07. The third kappa shape index (κ3) is 4.13.